The Morgan fingerprint density at radius 1 is 1.05 bits per heavy atom. The molecule has 2 aromatic heterocycles. The van der Waals surface area contributed by atoms with Crippen molar-refractivity contribution in [3.63, 3.8) is 0 Å². The van der Waals surface area contributed by atoms with Crippen molar-refractivity contribution < 1.29 is 23.8 Å². The smallest absolute Gasteiger partial charge is 0.341 e. The fourth-order valence-electron chi connectivity index (χ4n) is 3.71. The van der Waals surface area contributed by atoms with Crippen LogP contribution < -0.4 is 14.8 Å². The van der Waals surface area contributed by atoms with Gasteiger partial charge in [-0.05, 0) is 43.7 Å². The molecule has 2 aromatic carbocycles. The zero-order valence-corrected chi connectivity index (χ0v) is 23.3. The van der Waals surface area contributed by atoms with Crippen molar-refractivity contribution in [1.82, 2.24) is 14.8 Å². The van der Waals surface area contributed by atoms with Gasteiger partial charge in [-0.15, -0.1) is 21.5 Å². The van der Waals surface area contributed by atoms with E-state index >= 15 is 0 Å². The molecule has 0 radical (unpaired) electrons. The molecular formula is C27H28N4O5S2. The first-order valence-electron chi connectivity index (χ1n) is 11.7. The van der Waals surface area contributed by atoms with Gasteiger partial charge in [0.1, 0.15) is 22.1 Å². The third kappa shape index (κ3) is 6.17. The number of hydrogen-bond donors (Lipinski definition) is 1. The van der Waals surface area contributed by atoms with Crippen LogP contribution in [0.25, 0.3) is 11.1 Å². The van der Waals surface area contributed by atoms with Gasteiger partial charge in [0.15, 0.2) is 17.1 Å². The first-order chi connectivity index (χ1) is 18.3. The molecule has 2 heterocycles. The number of anilines is 1. The van der Waals surface area contributed by atoms with Crippen molar-refractivity contribution in [2.24, 2.45) is 7.05 Å². The molecule has 1 unspecified atom stereocenters. The van der Waals surface area contributed by atoms with E-state index < -0.39 is 5.97 Å². The molecule has 9 nitrogen and oxygen atoms in total. The number of amides is 1. The number of aryl methyl sites for hydroxylation is 1. The van der Waals surface area contributed by atoms with Crippen LogP contribution in [0.2, 0.25) is 0 Å². The summed E-state index contributed by atoms with van der Waals surface area (Å²) in [5.41, 5.74) is 2.95. The predicted molar refractivity (Wildman–Crippen MR) is 148 cm³/mol. The standard InChI is InChI=1S/C27H28N4O5S2/c1-16-6-10-20(11-7-16)36-17(2)24-29-30-27(31(24)3)38-15-22(32)28-25-23(26(33)35-5)21(14-37-25)18-8-12-19(34-4)13-9-18/h6-14,17H,15H2,1-5H3,(H,28,32). The van der Waals surface area contributed by atoms with Gasteiger partial charge in [-0.2, -0.15) is 0 Å². The molecule has 38 heavy (non-hydrogen) atoms. The van der Waals surface area contributed by atoms with Crippen LogP contribution in [-0.2, 0) is 16.6 Å². The normalized spacial score (nSPS) is 11.6. The highest BCUT2D eigenvalue weighted by atomic mass is 32.2. The molecular weight excluding hydrogens is 524 g/mol. The van der Waals surface area contributed by atoms with Crippen LogP contribution in [0.4, 0.5) is 5.00 Å². The zero-order chi connectivity index (χ0) is 27.2. The topological polar surface area (TPSA) is 105 Å². The number of thiophene rings is 1. The largest absolute Gasteiger partial charge is 0.497 e. The highest BCUT2D eigenvalue weighted by Gasteiger charge is 2.23. The van der Waals surface area contributed by atoms with Gasteiger partial charge in [-0.3, -0.25) is 4.79 Å². The number of carbonyl (C=O) groups excluding carboxylic acids is 2. The first kappa shape index (κ1) is 27.2. The van der Waals surface area contributed by atoms with E-state index in [1.165, 1.54) is 30.2 Å². The number of methoxy groups -OCH3 is 2. The maximum Gasteiger partial charge on any atom is 0.341 e. The Balaban J connectivity index is 1.42. The molecule has 4 rings (SSSR count). The van der Waals surface area contributed by atoms with Gasteiger partial charge in [0.2, 0.25) is 5.91 Å². The van der Waals surface area contributed by atoms with Crippen molar-refractivity contribution in [1.29, 1.82) is 0 Å². The fraction of sp³-hybridized carbons (Fsp3) is 0.259. The molecule has 0 saturated carbocycles. The van der Waals surface area contributed by atoms with E-state index in [0.717, 1.165) is 16.9 Å². The summed E-state index contributed by atoms with van der Waals surface area (Å²) in [4.78, 5) is 25.4. The minimum Gasteiger partial charge on any atom is -0.497 e. The van der Waals surface area contributed by atoms with Crippen LogP contribution in [0.15, 0.2) is 59.1 Å². The summed E-state index contributed by atoms with van der Waals surface area (Å²) < 4.78 is 18.0. The molecule has 1 atom stereocenters. The number of rotatable bonds is 10. The summed E-state index contributed by atoms with van der Waals surface area (Å²) in [7, 11) is 4.74. The van der Waals surface area contributed by atoms with E-state index in [4.69, 9.17) is 14.2 Å². The van der Waals surface area contributed by atoms with Crippen LogP contribution in [0.1, 0.15) is 34.8 Å². The third-order valence-corrected chi connectivity index (χ3v) is 7.65. The Labute approximate surface area is 229 Å². The Hall–Kier alpha value is -3.83. The minimum absolute atomic E-state index is 0.0789. The summed E-state index contributed by atoms with van der Waals surface area (Å²) in [5, 5.41) is 14.1. The predicted octanol–water partition coefficient (Wildman–Crippen LogP) is 5.52. The van der Waals surface area contributed by atoms with Gasteiger partial charge in [-0.1, -0.05) is 41.6 Å². The molecule has 0 bridgehead atoms. The maximum atomic E-state index is 12.8. The zero-order valence-electron chi connectivity index (χ0n) is 21.7. The lowest BCUT2D eigenvalue weighted by Crippen LogP contribution is -2.16. The average molecular weight is 553 g/mol. The highest BCUT2D eigenvalue weighted by molar-refractivity contribution is 7.99. The van der Waals surface area contributed by atoms with Crippen LogP contribution in [0.3, 0.4) is 0 Å². The molecule has 0 aliphatic heterocycles. The molecule has 0 fully saturated rings. The molecule has 0 aliphatic carbocycles. The van der Waals surface area contributed by atoms with Gasteiger partial charge in [0, 0.05) is 18.0 Å². The minimum atomic E-state index is -0.527. The summed E-state index contributed by atoms with van der Waals surface area (Å²) >= 11 is 2.51. The number of benzene rings is 2. The number of nitrogens with zero attached hydrogens (tertiary/aromatic N) is 3. The number of esters is 1. The van der Waals surface area contributed by atoms with E-state index in [-0.39, 0.29) is 17.8 Å². The second kappa shape index (κ2) is 12.1. The van der Waals surface area contributed by atoms with Crippen molar-refractivity contribution >= 4 is 40.0 Å². The van der Waals surface area contributed by atoms with Gasteiger partial charge in [-0.25, -0.2) is 4.79 Å². The number of thioether (sulfide) groups is 1. The van der Waals surface area contributed by atoms with E-state index in [1.807, 2.05) is 79.4 Å². The molecule has 198 valence electrons. The molecule has 1 N–H and O–H groups in total. The lowest BCUT2D eigenvalue weighted by Gasteiger charge is -2.14. The van der Waals surface area contributed by atoms with Crippen LogP contribution in [0, 0.1) is 6.92 Å². The second-order valence-electron chi connectivity index (χ2n) is 8.38. The summed E-state index contributed by atoms with van der Waals surface area (Å²) in [6, 6.07) is 15.1. The van der Waals surface area contributed by atoms with Gasteiger partial charge >= 0.3 is 5.97 Å². The number of carbonyl (C=O) groups is 2. The third-order valence-electron chi connectivity index (χ3n) is 5.73. The first-order valence-corrected chi connectivity index (χ1v) is 13.6. The maximum absolute atomic E-state index is 12.8. The number of ether oxygens (including phenoxy) is 3. The number of hydrogen-bond acceptors (Lipinski definition) is 9. The van der Waals surface area contributed by atoms with Crippen molar-refractivity contribution in [3.05, 3.63) is 70.9 Å². The Bertz CT molecular complexity index is 1410. The number of nitrogens with one attached hydrogen (secondary N) is 1. The summed E-state index contributed by atoms with van der Waals surface area (Å²) in [6.07, 6.45) is -0.330. The Morgan fingerprint density at radius 2 is 1.74 bits per heavy atom. The van der Waals surface area contributed by atoms with E-state index in [1.54, 1.807) is 7.11 Å². The molecule has 0 spiro atoms. The SMILES string of the molecule is COC(=O)c1c(-c2ccc(OC)cc2)csc1NC(=O)CSc1nnc(C(C)Oc2ccc(C)cc2)n1C. The fourth-order valence-corrected chi connectivity index (χ4v) is 5.40. The van der Waals surface area contributed by atoms with Gasteiger partial charge < -0.3 is 24.1 Å². The highest BCUT2D eigenvalue weighted by Crippen LogP contribution is 2.37. The van der Waals surface area contributed by atoms with Crippen LogP contribution >= 0.6 is 23.1 Å². The van der Waals surface area contributed by atoms with E-state index in [2.05, 4.69) is 15.5 Å². The van der Waals surface area contributed by atoms with Gasteiger partial charge in [0.25, 0.3) is 0 Å². The number of aromatic nitrogens is 3. The Morgan fingerprint density at radius 3 is 2.39 bits per heavy atom. The van der Waals surface area contributed by atoms with Crippen LogP contribution in [-0.4, -0.2) is 46.6 Å². The quantitative estimate of drug-likeness (QED) is 0.203. The van der Waals surface area contributed by atoms with Crippen molar-refractivity contribution in [3.8, 4) is 22.6 Å². The average Bonchev–Trinajstić information content (AvgIpc) is 3.51. The van der Waals surface area contributed by atoms with Gasteiger partial charge in [0.05, 0.1) is 20.0 Å². The monoisotopic (exact) mass is 552 g/mol. The lowest BCUT2D eigenvalue weighted by molar-refractivity contribution is -0.113. The summed E-state index contributed by atoms with van der Waals surface area (Å²) in [5.74, 6) is 1.36. The molecule has 0 aliphatic rings. The summed E-state index contributed by atoms with van der Waals surface area (Å²) in [6.45, 7) is 3.92. The molecule has 11 heteroatoms. The van der Waals surface area contributed by atoms with E-state index in [9.17, 15) is 9.59 Å². The molecule has 0 saturated heterocycles. The molecule has 1 amide bonds. The molecule has 4 aromatic rings. The van der Waals surface area contributed by atoms with Crippen molar-refractivity contribution in [2.45, 2.75) is 25.1 Å². The van der Waals surface area contributed by atoms with Crippen LogP contribution in [0.5, 0.6) is 11.5 Å². The Kier molecular flexibility index (Phi) is 8.70. The lowest BCUT2D eigenvalue weighted by atomic mass is 10.0. The van der Waals surface area contributed by atoms with E-state index in [0.29, 0.717) is 32.9 Å². The van der Waals surface area contributed by atoms with Crippen molar-refractivity contribution in [2.75, 3.05) is 25.3 Å². The second-order valence-corrected chi connectivity index (χ2v) is 10.2.